The molecular formula is C13H14N6O. The molecule has 2 N–H and O–H groups in total. The lowest BCUT2D eigenvalue weighted by atomic mass is 10.0. The first-order valence-electron chi connectivity index (χ1n) is 6.23. The van der Waals surface area contributed by atoms with E-state index in [1.807, 2.05) is 30.3 Å². The number of hydrogen-bond donors (Lipinski definition) is 2. The lowest BCUT2D eigenvalue weighted by Crippen LogP contribution is -2.04. The molecule has 0 spiro atoms. The minimum Gasteiger partial charge on any atom is -0.388 e. The highest BCUT2D eigenvalue weighted by Crippen LogP contribution is 2.27. The van der Waals surface area contributed by atoms with Crippen LogP contribution in [0, 0.1) is 0 Å². The monoisotopic (exact) mass is 270 g/mol. The van der Waals surface area contributed by atoms with Gasteiger partial charge in [0.1, 0.15) is 0 Å². The molecule has 0 fully saturated rings. The number of H-pyrrole nitrogens is 1. The number of aliphatic hydroxyl groups is 1. The van der Waals surface area contributed by atoms with Gasteiger partial charge in [0.15, 0.2) is 5.82 Å². The first-order valence-corrected chi connectivity index (χ1v) is 6.23. The first-order chi connectivity index (χ1) is 9.74. The highest BCUT2D eigenvalue weighted by atomic mass is 16.3. The number of rotatable bonds is 4. The summed E-state index contributed by atoms with van der Waals surface area (Å²) < 4.78 is 0. The summed E-state index contributed by atoms with van der Waals surface area (Å²) in [6, 6.07) is 9.75. The van der Waals surface area contributed by atoms with Crippen molar-refractivity contribution >= 4 is 0 Å². The predicted molar refractivity (Wildman–Crippen MR) is 71.5 cm³/mol. The maximum atomic E-state index is 10.3. The van der Waals surface area contributed by atoms with Crippen molar-refractivity contribution in [1.29, 1.82) is 0 Å². The van der Waals surface area contributed by atoms with Gasteiger partial charge in [-0.3, -0.25) is 5.10 Å². The van der Waals surface area contributed by atoms with Gasteiger partial charge in [0.05, 0.1) is 25.0 Å². The van der Waals surface area contributed by atoms with Gasteiger partial charge >= 0.3 is 0 Å². The predicted octanol–water partition coefficient (Wildman–Crippen LogP) is 0.876. The van der Waals surface area contributed by atoms with E-state index in [2.05, 4.69) is 25.6 Å². The molecule has 0 saturated carbocycles. The third-order valence-electron chi connectivity index (χ3n) is 3.02. The largest absolute Gasteiger partial charge is 0.388 e. The van der Waals surface area contributed by atoms with Crippen LogP contribution >= 0.6 is 0 Å². The molecule has 102 valence electrons. The summed E-state index contributed by atoms with van der Waals surface area (Å²) in [7, 11) is 1.69. The van der Waals surface area contributed by atoms with E-state index in [0.29, 0.717) is 12.2 Å². The Bertz CT molecular complexity index is 690. The van der Waals surface area contributed by atoms with E-state index in [1.54, 1.807) is 13.2 Å². The maximum absolute atomic E-state index is 10.3. The van der Waals surface area contributed by atoms with Gasteiger partial charge in [0, 0.05) is 12.0 Å². The lowest BCUT2D eigenvalue weighted by Gasteiger charge is -2.08. The van der Waals surface area contributed by atoms with Crippen LogP contribution in [0.3, 0.4) is 0 Å². The van der Waals surface area contributed by atoms with E-state index in [4.69, 9.17) is 0 Å². The van der Waals surface area contributed by atoms with E-state index in [0.717, 1.165) is 16.8 Å². The van der Waals surface area contributed by atoms with Crippen molar-refractivity contribution in [2.75, 3.05) is 0 Å². The van der Waals surface area contributed by atoms with Crippen LogP contribution in [0.15, 0.2) is 36.5 Å². The van der Waals surface area contributed by atoms with Gasteiger partial charge in [-0.2, -0.15) is 9.90 Å². The third-order valence-corrected chi connectivity index (χ3v) is 3.02. The summed E-state index contributed by atoms with van der Waals surface area (Å²) in [5, 5.41) is 29.0. The highest BCUT2D eigenvalue weighted by Gasteiger charge is 2.18. The van der Waals surface area contributed by atoms with Crippen molar-refractivity contribution in [1.82, 2.24) is 30.4 Å². The quantitative estimate of drug-likeness (QED) is 0.734. The summed E-state index contributed by atoms with van der Waals surface area (Å²) in [5.74, 6) is 0.500. The average Bonchev–Trinajstić information content (AvgIpc) is 3.09. The SMILES string of the molecule is Cn1nnc(CC(O)c2cn[nH]c2-c2ccccc2)n1. The van der Waals surface area contributed by atoms with Crippen LogP contribution < -0.4 is 0 Å². The van der Waals surface area contributed by atoms with E-state index in [-0.39, 0.29) is 0 Å². The van der Waals surface area contributed by atoms with Crippen molar-refractivity contribution < 1.29 is 5.11 Å². The molecule has 3 aromatic rings. The van der Waals surface area contributed by atoms with Gasteiger partial charge in [-0.15, -0.1) is 10.2 Å². The number of aliphatic hydroxyl groups excluding tert-OH is 1. The molecule has 0 radical (unpaired) electrons. The van der Waals surface area contributed by atoms with Gasteiger partial charge in [0.2, 0.25) is 0 Å². The van der Waals surface area contributed by atoms with Crippen LogP contribution in [-0.2, 0) is 13.5 Å². The number of nitrogens with zero attached hydrogens (tertiary/aromatic N) is 5. The van der Waals surface area contributed by atoms with Crippen LogP contribution in [0.25, 0.3) is 11.3 Å². The number of tetrazole rings is 1. The fraction of sp³-hybridized carbons (Fsp3) is 0.231. The van der Waals surface area contributed by atoms with Crippen LogP contribution in [0.1, 0.15) is 17.5 Å². The average molecular weight is 270 g/mol. The Kier molecular flexibility index (Phi) is 3.26. The zero-order chi connectivity index (χ0) is 13.9. The Morgan fingerprint density at radius 2 is 2.10 bits per heavy atom. The number of aromatic amines is 1. The van der Waals surface area contributed by atoms with Crippen LogP contribution in [-0.4, -0.2) is 35.5 Å². The zero-order valence-electron chi connectivity index (χ0n) is 10.9. The number of hydrogen-bond acceptors (Lipinski definition) is 5. The molecule has 3 rings (SSSR count). The van der Waals surface area contributed by atoms with Crippen molar-refractivity contribution in [2.24, 2.45) is 7.05 Å². The van der Waals surface area contributed by atoms with Crippen molar-refractivity contribution in [3.63, 3.8) is 0 Å². The molecule has 0 aliphatic heterocycles. The summed E-state index contributed by atoms with van der Waals surface area (Å²) >= 11 is 0. The Hall–Kier alpha value is -2.54. The van der Waals surface area contributed by atoms with Crippen molar-refractivity contribution in [3.8, 4) is 11.3 Å². The van der Waals surface area contributed by atoms with Crippen LogP contribution in [0.2, 0.25) is 0 Å². The molecule has 7 nitrogen and oxygen atoms in total. The minimum atomic E-state index is -0.729. The normalized spacial score (nSPS) is 12.5. The summed E-state index contributed by atoms with van der Waals surface area (Å²) in [6.45, 7) is 0. The van der Waals surface area contributed by atoms with Gasteiger partial charge in [0.25, 0.3) is 0 Å². The van der Waals surface area contributed by atoms with E-state index in [1.165, 1.54) is 4.80 Å². The standard InChI is InChI=1S/C13H14N6O/c1-19-17-12(15-18-19)7-11(20)10-8-14-16-13(10)9-5-3-2-4-6-9/h2-6,8,11,20H,7H2,1H3,(H,14,16). The van der Waals surface area contributed by atoms with E-state index in [9.17, 15) is 5.11 Å². The Labute approximate surface area is 115 Å². The zero-order valence-corrected chi connectivity index (χ0v) is 10.9. The van der Waals surface area contributed by atoms with Crippen molar-refractivity contribution in [2.45, 2.75) is 12.5 Å². The molecule has 0 amide bonds. The fourth-order valence-corrected chi connectivity index (χ4v) is 2.07. The molecule has 2 aromatic heterocycles. The minimum absolute atomic E-state index is 0.299. The summed E-state index contributed by atoms with van der Waals surface area (Å²) in [5.41, 5.74) is 2.51. The second-order valence-electron chi connectivity index (χ2n) is 4.48. The summed E-state index contributed by atoms with van der Waals surface area (Å²) in [6.07, 6.45) is 1.20. The van der Waals surface area contributed by atoms with E-state index < -0.39 is 6.10 Å². The first kappa shape index (κ1) is 12.5. The van der Waals surface area contributed by atoms with Gasteiger partial charge in [-0.1, -0.05) is 30.3 Å². The molecule has 7 heteroatoms. The number of aryl methyl sites for hydroxylation is 1. The van der Waals surface area contributed by atoms with Crippen LogP contribution in [0.5, 0.6) is 0 Å². The van der Waals surface area contributed by atoms with Gasteiger partial charge in [-0.05, 0) is 10.8 Å². The lowest BCUT2D eigenvalue weighted by molar-refractivity contribution is 0.176. The number of aromatic nitrogens is 6. The van der Waals surface area contributed by atoms with Gasteiger partial charge < -0.3 is 5.11 Å². The smallest absolute Gasteiger partial charge is 0.177 e. The molecule has 0 aliphatic carbocycles. The Morgan fingerprint density at radius 3 is 2.80 bits per heavy atom. The maximum Gasteiger partial charge on any atom is 0.177 e. The molecular weight excluding hydrogens is 256 g/mol. The number of benzene rings is 1. The Balaban J connectivity index is 1.86. The van der Waals surface area contributed by atoms with E-state index >= 15 is 0 Å². The molecule has 1 aromatic carbocycles. The Morgan fingerprint density at radius 1 is 1.30 bits per heavy atom. The second-order valence-corrected chi connectivity index (χ2v) is 4.48. The molecule has 1 atom stereocenters. The molecule has 0 saturated heterocycles. The molecule has 1 unspecified atom stereocenters. The fourth-order valence-electron chi connectivity index (χ4n) is 2.07. The number of nitrogens with one attached hydrogen (secondary N) is 1. The summed E-state index contributed by atoms with van der Waals surface area (Å²) in [4.78, 5) is 1.37. The molecule has 0 aliphatic rings. The molecule has 20 heavy (non-hydrogen) atoms. The topological polar surface area (TPSA) is 92.5 Å². The highest BCUT2D eigenvalue weighted by molar-refractivity contribution is 5.62. The molecule has 0 bridgehead atoms. The van der Waals surface area contributed by atoms with Crippen molar-refractivity contribution in [3.05, 3.63) is 47.9 Å². The van der Waals surface area contributed by atoms with Crippen LogP contribution in [0.4, 0.5) is 0 Å². The third kappa shape index (κ3) is 2.43. The second kappa shape index (κ2) is 5.22. The molecule has 2 heterocycles. The van der Waals surface area contributed by atoms with Gasteiger partial charge in [-0.25, -0.2) is 0 Å².